The van der Waals surface area contributed by atoms with Crippen LogP contribution in [-0.2, 0) is 9.47 Å². The molecule has 10 nitrogen and oxygen atoms in total. The number of ether oxygens (including phenoxy) is 2. The van der Waals surface area contributed by atoms with Crippen LogP contribution < -0.4 is 4.90 Å². The molecule has 3 rings (SSSR count). The number of hydrogen-bond donors (Lipinski definition) is 1. The highest BCUT2D eigenvalue weighted by atomic mass is 16.6. The second-order valence-electron chi connectivity index (χ2n) is 9.82. The standard InChI is InChI=1S/C25H28N3O7/c1-24(2,3)34-22(30)26-15-19(18-13-12-17(28(32)33)14-20(18)26)21(29)27(16-10-8-7-9-11-16)23(31)35-25(4,5)6/h7-15H,1-6H3,(H,32,33)/q+1. The van der Waals surface area contributed by atoms with Crippen molar-refractivity contribution in [3.8, 4) is 0 Å². The molecule has 1 N–H and O–H groups in total. The van der Waals surface area contributed by atoms with Crippen molar-refractivity contribution in [1.82, 2.24) is 4.57 Å². The summed E-state index contributed by atoms with van der Waals surface area (Å²) in [7, 11) is 0. The first-order chi connectivity index (χ1) is 16.2. The van der Waals surface area contributed by atoms with Gasteiger partial charge in [0.05, 0.1) is 21.7 Å². The summed E-state index contributed by atoms with van der Waals surface area (Å²) in [5, 5.41) is 9.61. The molecular weight excluding hydrogens is 454 g/mol. The molecule has 0 unspecified atom stereocenters. The number of para-hydroxylation sites is 1. The number of benzene rings is 2. The van der Waals surface area contributed by atoms with E-state index in [1.807, 2.05) is 0 Å². The van der Waals surface area contributed by atoms with Crippen LogP contribution in [0.2, 0.25) is 0 Å². The lowest BCUT2D eigenvalue weighted by Crippen LogP contribution is -2.41. The Balaban J connectivity index is 2.20. The van der Waals surface area contributed by atoms with E-state index in [1.54, 1.807) is 71.9 Å². The van der Waals surface area contributed by atoms with Crippen LogP contribution in [0.1, 0.15) is 51.9 Å². The number of hydrogen-bond acceptors (Lipinski definition) is 6. The summed E-state index contributed by atoms with van der Waals surface area (Å²) >= 11 is 0. The summed E-state index contributed by atoms with van der Waals surface area (Å²) in [6, 6.07) is 12.1. The average Bonchev–Trinajstić information content (AvgIpc) is 3.11. The van der Waals surface area contributed by atoms with Crippen molar-refractivity contribution in [2.45, 2.75) is 52.7 Å². The molecule has 3 aromatic rings. The van der Waals surface area contributed by atoms with Crippen molar-refractivity contribution in [3.05, 3.63) is 65.2 Å². The van der Waals surface area contributed by atoms with Gasteiger partial charge in [-0.1, -0.05) is 18.2 Å². The molecule has 1 aromatic heterocycles. The Hall–Kier alpha value is -4.21. The largest absolute Gasteiger partial charge is 0.443 e. The van der Waals surface area contributed by atoms with E-state index in [2.05, 4.69) is 0 Å². The van der Waals surface area contributed by atoms with E-state index in [0.717, 1.165) is 9.47 Å². The van der Waals surface area contributed by atoms with Crippen LogP contribution >= 0.6 is 0 Å². The zero-order valence-corrected chi connectivity index (χ0v) is 20.4. The zero-order valence-electron chi connectivity index (χ0n) is 20.4. The molecule has 0 aliphatic rings. The first-order valence-electron chi connectivity index (χ1n) is 10.8. The summed E-state index contributed by atoms with van der Waals surface area (Å²) in [6.45, 7) is 10.1. The van der Waals surface area contributed by atoms with Gasteiger partial charge in [0.2, 0.25) is 0 Å². The van der Waals surface area contributed by atoms with Gasteiger partial charge in [-0.25, -0.2) is 19.7 Å². The number of nitrogens with zero attached hydrogens (tertiary/aromatic N) is 3. The highest BCUT2D eigenvalue weighted by molar-refractivity contribution is 6.23. The third kappa shape index (κ3) is 5.84. The smallest absolute Gasteiger partial charge is 0.422 e. The highest BCUT2D eigenvalue weighted by Gasteiger charge is 2.33. The predicted molar refractivity (Wildman–Crippen MR) is 128 cm³/mol. The first-order valence-corrected chi connectivity index (χ1v) is 10.8. The minimum atomic E-state index is -0.899. The van der Waals surface area contributed by atoms with Crippen LogP contribution in [-0.4, -0.2) is 44.0 Å². The predicted octanol–water partition coefficient (Wildman–Crippen LogP) is 5.81. The fourth-order valence-electron chi connectivity index (χ4n) is 3.28. The van der Waals surface area contributed by atoms with Gasteiger partial charge in [0.25, 0.3) is 10.8 Å². The molecular formula is C25H28N3O7+. The Bertz CT molecular complexity index is 1300. The van der Waals surface area contributed by atoms with Crippen molar-refractivity contribution in [1.29, 1.82) is 0 Å². The lowest BCUT2D eigenvalue weighted by molar-refractivity contribution is -0.729. The van der Waals surface area contributed by atoms with Crippen LogP contribution in [0.3, 0.4) is 0 Å². The maximum Gasteiger partial charge on any atom is 0.422 e. The number of rotatable bonds is 3. The van der Waals surface area contributed by atoms with Crippen LogP contribution in [0.4, 0.5) is 21.0 Å². The second-order valence-corrected chi connectivity index (χ2v) is 9.82. The van der Waals surface area contributed by atoms with E-state index < -0.39 is 29.3 Å². The van der Waals surface area contributed by atoms with Crippen molar-refractivity contribution < 1.29 is 34.0 Å². The fourth-order valence-corrected chi connectivity index (χ4v) is 3.28. The van der Waals surface area contributed by atoms with Crippen molar-refractivity contribution in [2.75, 3.05) is 4.90 Å². The average molecular weight is 483 g/mol. The third-order valence-electron chi connectivity index (χ3n) is 4.62. The molecule has 0 radical (unpaired) electrons. The first kappa shape index (κ1) is 25.4. The number of carbonyl (C=O) groups is 3. The second kappa shape index (κ2) is 9.21. The Kier molecular flexibility index (Phi) is 6.68. The molecule has 0 bridgehead atoms. The molecule has 35 heavy (non-hydrogen) atoms. The van der Waals surface area contributed by atoms with Crippen LogP contribution in [0.25, 0.3) is 10.9 Å². The van der Waals surface area contributed by atoms with E-state index >= 15 is 0 Å². The lowest BCUT2D eigenvalue weighted by Gasteiger charge is -2.26. The van der Waals surface area contributed by atoms with Crippen LogP contribution in [0.5, 0.6) is 0 Å². The molecule has 0 fully saturated rings. The van der Waals surface area contributed by atoms with Gasteiger partial charge in [-0.15, -0.1) is 0 Å². The third-order valence-corrected chi connectivity index (χ3v) is 4.62. The van der Waals surface area contributed by atoms with Crippen LogP contribution in [0.15, 0.2) is 54.7 Å². The molecule has 0 aliphatic heterocycles. The topological polar surface area (TPSA) is 118 Å². The summed E-state index contributed by atoms with van der Waals surface area (Å²) in [5.74, 6) is -0.756. The Labute approximate surface area is 202 Å². The van der Waals surface area contributed by atoms with Gasteiger partial charge in [-0.2, -0.15) is 0 Å². The Morgan fingerprint density at radius 3 is 2.06 bits per heavy atom. The molecule has 184 valence electrons. The van der Waals surface area contributed by atoms with Gasteiger partial charge in [0.1, 0.15) is 11.2 Å². The van der Waals surface area contributed by atoms with Gasteiger partial charge in [-0.05, 0) is 59.7 Å². The van der Waals surface area contributed by atoms with Crippen molar-refractivity contribution in [3.63, 3.8) is 0 Å². The molecule has 2 amide bonds. The number of fused-ring (bicyclic) bond motifs is 1. The summed E-state index contributed by atoms with van der Waals surface area (Å²) in [4.78, 5) is 51.8. The number of aromatic nitrogens is 1. The molecule has 2 aromatic carbocycles. The fraction of sp³-hybridized carbons (Fsp3) is 0.320. The number of imide groups is 1. The minimum Gasteiger partial charge on any atom is -0.443 e. The number of anilines is 1. The lowest BCUT2D eigenvalue weighted by atomic mass is 10.1. The van der Waals surface area contributed by atoms with E-state index in [0.29, 0.717) is 0 Å². The molecule has 0 atom stereocenters. The van der Waals surface area contributed by atoms with Gasteiger partial charge < -0.3 is 9.47 Å². The van der Waals surface area contributed by atoms with E-state index in [1.165, 1.54) is 24.4 Å². The van der Waals surface area contributed by atoms with Gasteiger partial charge in [0.15, 0.2) is 0 Å². The number of carbonyl (C=O) groups excluding carboxylic acids is 3. The van der Waals surface area contributed by atoms with E-state index in [4.69, 9.17) is 9.47 Å². The number of amides is 2. The van der Waals surface area contributed by atoms with Crippen molar-refractivity contribution >= 4 is 40.4 Å². The van der Waals surface area contributed by atoms with Gasteiger partial charge >= 0.3 is 17.9 Å². The molecule has 0 aliphatic carbocycles. The minimum absolute atomic E-state index is 0.0116. The molecule has 10 heteroatoms. The molecule has 0 saturated carbocycles. The van der Waals surface area contributed by atoms with E-state index in [9.17, 15) is 24.5 Å². The summed E-state index contributed by atoms with van der Waals surface area (Å²) < 4.78 is 12.0. The quantitative estimate of drug-likeness (QED) is 0.468. The molecule has 0 spiro atoms. The normalized spacial score (nSPS) is 11.7. The zero-order chi connectivity index (χ0) is 26.1. The van der Waals surface area contributed by atoms with Crippen molar-refractivity contribution in [2.24, 2.45) is 0 Å². The summed E-state index contributed by atoms with van der Waals surface area (Å²) in [6.07, 6.45) is -0.472. The van der Waals surface area contributed by atoms with Gasteiger partial charge in [0, 0.05) is 23.7 Å². The maximum absolute atomic E-state index is 13.8. The Morgan fingerprint density at radius 1 is 0.914 bits per heavy atom. The highest BCUT2D eigenvalue weighted by Crippen LogP contribution is 2.30. The summed E-state index contributed by atoms with van der Waals surface area (Å²) in [5.41, 5.74) is -1.49. The SMILES string of the molecule is CC(C)(C)OC(=O)N(C(=O)c1cn(C(=O)OC(C)(C)C)c2cc([N+](=O)O)ccc12)c1ccccc1. The van der Waals surface area contributed by atoms with Crippen LogP contribution in [0, 0.1) is 4.91 Å². The molecule has 0 saturated heterocycles. The molecule has 1 heterocycles. The van der Waals surface area contributed by atoms with E-state index in [-0.39, 0.29) is 32.8 Å². The Morgan fingerprint density at radius 2 is 1.51 bits per heavy atom. The van der Waals surface area contributed by atoms with Gasteiger partial charge in [-0.3, -0.25) is 9.36 Å². The monoisotopic (exact) mass is 482 g/mol. The maximum atomic E-state index is 13.8.